The first kappa shape index (κ1) is 22.9. The van der Waals surface area contributed by atoms with E-state index in [1.165, 1.54) is 24.3 Å². The zero-order chi connectivity index (χ0) is 23.5. The summed E-state index contributed by atoms with van der Waals surface area (Å²) in [6.45, 7) is 2.42. The molecule has 1 saturated carbocycles. The van der Waals surface area contributed by atoms with Crippen LogP contribution in [0.2, 0.25) is 0 Å². The minimum absolute atomic E-state index is 0.0996. The van der Waals surface area contributed by atoms with Crippen molar-refractivity contribution in [2.24, 2.45) is 0 Å². The van der Waals surface area contributed by atoms with E-state index < -0.39 is 63.3 Å². The van der Waals surface area contributed by atoms with Gasteiger partial charge in [0.15, 0.2) is 0 Å². The lowest BCUT2D eigenvalue weighted by Gasteiger charge is -2.56. The standard InChI is InChI=1S/C21H22O10S2/c1-11-3-7-13(8-4-11)32(23,24)30-19-16-15(22)17-20(18(19)29-21(27-16)28-17)31-33(25,26)14-9-5-12(2)6-10-14/h3-10,15-22H,1-2H3/t15?,16-,17+,18?,19-,20-,21?/m0/s1. The second-order valence-corrected chi connectivity index (χ2v) is 11.4. The van der Waals surface area contributed by atoms with Crippen LogP contribution in [0.25, 0.3) is 0 Å². The maximum Gasteiger partial charge on any atom is 0.297 e. The van der Waals surface area contributed by atoms with Crippen molar-refractivity contribution in [1.82, 2.24) is 0 Å². The van der Waals surface area contributed by atoms with E-state index in [2.05, 4.69) is 0 Å². The summed E-state index contributed by atoms with van der Waals surface area (Å²) in [6.07, 6.45) is -7.54. The molecule has 1 aliphatic carbocycles. The fraction of sp³-hybridized carbons (Fsp3) is 0.429. The minimum Gasteiger partial charge on any atom is -0.387 e. The highest BCUT2D eigenvalue weighted by Crippen LogP contribution is 2.44. The third-order valence-corrected chi connectivity index (χ3v) is 8.52. The van der Waals surface area contributed by atoms with Gasteiger partial charge in [0.25, 0.3) is 26.7 Å². The molecule has 0 aromatic heterocycles. The van der Waals surface area contributed by atoms with Crippen molar-refractivity contribution in [1.29, 1.82) is 0 Å². The summed E-state index contributed by atoms with van der Waals surface area (Å²) in [5.41, 5.74) is 1.72. The maximum atomic E-state index is 12.9. The molecule has 4 aliphatic rings. The van der Waals surface area contributed by atoms with E-state index >= 15 is 0 Å². The van der Waals surface area contributed by atoms with Crippen LogP contribution in [0, 0.1) is 13.8 Å². The predicted octanol–water partition coefficient (Wildman–Crippen LogP) is 0.992. The minimum atomic E-state index is -4.29. The Morgan fingerprint density at radius 3 is 1.42 bits per heavy atom. The first-order chi connectivity index (χ1) is 15.5. The zero-order valence-corrected chi connectivity index (χ0v) is 19.2. The van der Waals surface area contributed by atoms with E-state index in [0.717, 1.165) is 11.1 Å². The summed E-state index contributed by atoms with van der Waals surface area (Å²) < 4.78 is 78.8. The molecule has 3 heterocycles. The molecule has 0 spiro atoms. The molecule has 6 rings (SSSR count). The van der Waals surface area contributed by atoms with Crippen LogP contribution in [0.3, 0.4) is 0 Å². The third-order valence-electron chi connectivity index (χ3n) is 5.87. The van der Waals surface area contributed by atoms with Crippen LogP contribution < -0.4 is 0 Å². The first-order valence-corrected chi connectivity index (χ1v) is 13.0. The summed E-state index contributed by atoms with van der Waals surface area (Å²) in [6, 6.07) is 12.0. The highest BCUT2D eigenvalue weighted by molar-refractivity contribution is 7.87. The van der Waals surface area contributed by atoms with Gasteiger partial charge >= 0.3 is 0 Å². The van der Waals surface area contributed by atoms with Gasteiger partial charge in [-0.05, 0) is 38.1 Å². The molecule has 3 unspecified atom stereocenters. The van der Waals surface area contributed by atoms with E-state index in [0.29, 0.717) is 0 Å². The molecule has 10 nitrogen and oxygen atoms in total. The Morgan fingerprint density at radius 1 is 0.667 bits per heavy atom. The summed E-state index contributed by atoms with van der Waals surface area (Å²) in [7, 11) is -8.57. The van der Waals surface area contributed by atoms with Crippen LogP contribution in [0.4, 0.5) is 0 Å². The molecular weight excluding hydrogens is 476 g/mol. The number of aryl methyl sites for hydroxylation is 2. The van der Waals surface area contributed by atoms with E-state index in [9.17, 15) is 21.9 Å². The topological polar surface area (TPSA) is 135 Å². The van der Waals surface area contributed by atoms with Gasteiger partial charge in [0, 0.05) is 0 Å². The summed E-state index contributed by atoms with van der Waals surface area (Å²) in [4.78, 5) is -0.199. The Bertz CT molecular complexity index is 1150. The van der Waals surface area contributed by atoms with Crippen LogP contribution in [0.1, 0.15) is 11.1 Å². The van der Waals surface area contributed by atoms with Gasteiger partial charge in [-0.3, -0.25) is 8.37 Å². The summed E-state index contributed by atoms with van der Waals surface area (Å²) >= 11 is 0. The molecule has 7 atom stereocenters. The van der Waals surface area contributed by atoms with Gasteiger partial charge in [0.2, 0.25) is 0 Å². The number of aliphatic hydroxyl groups excluding tert-OH is 1. The van der Waals surface area contributed by atoms with E-state index in [1.54, 1.807) is 24.3 Å². The van der Waals surface area contributed by atoms with Gasteiger partial charge < -0.3 is 19.3 Å². The summed E-state index contributed by atoms with van der Waals surface area (Å²) in [5.74, 6) is 0. The summed E-state index contributed by atoms with van der Waals surface area (Å²) in [5, 5.41) is 10.7. The van der Waals surface area contributed by atoms with Gasteiger partial charge in [0.1, 0.15) is 36.6 Å². The zero-order valence-electron chi connectivity index (χ0n) is 17.6. The second-order valence-electron chi connectivity index (χ2n) is 8.24. The molecule has 12 heteroatoms. The number of hydrogen-bond acceptors (Lipinski definition) is 10. The van der Waals surface area contributed by atoms with Crippen LogP contribution in [0.15, 0.2) is 58.3 Å². The first-order valence-electron chi connectivity index (χ1n) is 10.2. The highest BCUT2D eigenvalue weighted by Gasteiger charge is 2.64. The molecule has 3 aliphatic heterocycles. The molecule has 33 heavy (non-hydrogen) atoms. The van der Waals surface area contributed by atoms with Crippen molar-refractivity contribution in [3.63, 3.8) is 0 Å². The Kier molecular flexibility index (Phi) is 5.61. The monoisotopic (exact) mass is 498 g/mol. The lowest BCUT2D eigenvalue weighted by molar-refractivity contribution is -0.476. The number of ether oxygens (including phenoxy) is 3. The molecule has 2 aromatic rings. The van der Waals surface area contributed by atoms with Crippen LogP contribution in [-0.4, -0.2) is 65.0 Å². The van der Waals surface area contributed by atoms with E-state index in [1.807, 2.05) is 13.8 Å². The van der Waals surface area contributed by atoms with Crippen molar-refractivity contribution in [3.8, 4) is 0 Å². The van der Waals surface area contributed by atoms with Gasteiger partial charge in [-0.1, -0.05) is 35.4 Å². The lowest BCUT2D eigenvalue weighted by atomic mass is 9.83. The quantitative estimate of drug-likeness (QED) is 0.575. The number of hydrogen-bond donors (Lipinski definition) is 1. The van der Waals surface area contributed by atoms with Crippen molar-refractivity contribution >= 4 is 20.2 Å². The molecule has 0 radical (unpaired) electrons. The van der Waals surface area contributed by atoms with Crippen LogP contribution in [-0.2, 0) is 42.8 Å². The van der Waals surface area contributed by atoms with E-state index in [-0.39, 0.29) is 9.79 Å². The molecule has 178 valence electrons. The maximum absolute atomic E-state index is 12.9. The van der Waals surface area contributed by atoms with Gasteiger partial charge in [-0.25, -0.2) is 0 Å². The number of rotatable bonds is 6. The van der Waals surface area contributed by atoms with Crippen LogP contribution >= 0.6 is 0 Å². The van der Waals surface area contributed by atoms with Crippen molar-refractivity contribution in [2.75, 3.05) is 0 Å². The van der Waals surface area contributed by atoms with Crippen molar-refractivity contribution in [2.45, 2.75) is 66.7 Å². The van der Waals surface area contributed by atoms with Gasteiger partial charge in [0.05, 0.1) is 9.79 Å². The number of benzene rings is 2. The molecule has 3 saturated heterocycles. The van der Waals surface area contributed by atoms with Gasteiger partial charge in [-0.15, -0.1) is 0 Å². The third kappa shape index (κ3) is 4.10. The predicted molar refractivity (Wildman–Crippen MR) is 111 cm³/mol. The van der Waals surface area contributed by atoms with Crippen molar-refractivity contribution < 1.29 is 44.5 Å². The Hall–Kier alpha value is -1.90. The molecular formula is C21H22O10S2. The second kappa shape index (κ2) is 8.10. The Morgan fingerprint density at radius 2 is 1.03 bits per heavy atom. The SMILES string of the molecule is Cc1ccc(S(=O)(=O)O[C@@H]2C3OC4O[C@@H]2C(O)[C@H](O4)[C@@H]3OS(=O)(=O)c2ccc(C)cc2)cc1. The average molecular weight is 499 g/mol. The largest absolute Gasteiger partial charge is 0.387 e. The lowest BCUT2D eigenvalue weighted by Crippen LogP contribution is -2.76. The van der Waals surface area contributed by atoms with E-state index in [4.69, 9.17) is 22.6 Å². The normalized spacial score (nSPS) is 33.4. The molecule has 2 aromatic carbocycles. The van der Waals surface area contributed by atoms with Crippen LogP contribution in [0.5, 0.6) is 0 Å². The molecule has 1 N–H and O–H groups in total. The molecule has 4 bridgehead atoms. The Labute approximate surface area is 191 Å². The molecule has 4 fully saturated rings. The Balaban J connectivity index is 1.44. The highest BCUT2D eigenvalue weighted by atomic mass is 32.2. The smallest absolute Gasteiger partial charge is 0.297 e. The van der Waals surface area contributed by atoms with Crippen molar-refractivity contribution in [3.05, 3.63) is 59.7 Å². The molecule has 0 amide bonds. The fourth-order valence-corrected chi connectivity index (χ4v) is 6.31. The fourth-order valence-electron chi connectivity index (χ4n) is 4.12. The number of aliphatic hydroxyl groups is 1. The average Bonchev–Trinajstić information content (AvgIpc) is 2.76. The van der Waals surface area contributed by atoms with Gasteiger partial charge in [-0.2, -0.15) is 16.8 Å².